The maximum absolute atomic E-state index is 5.36. The van der Waals surface area contributed by atoms with E-state index in [0.717, 1.165) is 5.92 Å². The Balaban J connectivity index is 0.00000180. The molecule has 0 N–H and O–H groups in total. The highest BCUT2D eigenvalue weighted by Gasteiger charge is 2.17. The summed E-state index contributed by atoms with van der Waals surface area (Å²) < 4.78 is 0. The summed E-state index contributed by atoms with van der Waals surface area (Å²) in [5.74, 6) is 3.50. The van der Waals surface area contributed by atoms with Crippen molar-refractivity contribution in [1.29, 1.82) is 0 Å². The monoisotopic (exact) mass is 277 g/mol. The lowest BCUT2D eigenvalue weighted by molar-refractivity contribution is 0.294. The topological polar surface area (TPSA) is 3.24 Å². The number of halogens is 1. The van der Waals surface area contributed by atoms with Crippen LogP contribution in [0.25, 0.3) is 0 Å². The van der Waals surface area contributed by atoms with Gasteiger partial charge in [-0.1, -0.05) is 43.0 Å². The number of hydrogen-bond acceptors (Lipinski definition) is 1. The number of hydrogen-bond donors (Lipinski definition) is 0. The van der Waals surface area contributed by atoms with Crippen molar-refractivity contribution in [1.82, 2.24) is 4.90 Å². The van der Waals surface area contributed by atoms with Crippen LogP contribution in [0.15, 0.2) is 24.3 Å². The summed E-state index contributed by atoms with van der Waals surface area (Å²) in [5, 5.41) is 0. The molecule has 1 nitrogen and oxygen atoms in total. The minimum absolute atomic E-state index is 0. The van der Waals surface area contributed by atoms with Crippen molar-refractivity contribution in [3.8, 4) is 12.3 Å². The smallest absolute Gasteiger partial charge is 0.0601 e. The largest absolute Gasteiger partial charge is 0.289 e. The van der Waals surface area contributed by atoms with Gasteiger partial charge in [0.1, 0.15) is 0 Å². The van der Waals surface area contributed by atoms with Crippen LogP contribution < -0.4 is 0 Å². The first kappa shape index (κ1) is 16.1. The Morgan fingerprint density at radius 2 is 1.84 bits per heavy atom. The SMILES string of the molecule is C#CCN(C)C(C)c1ccc(C2CCCC2)cc1.Cl. The van der Waals surface area contributed by atoms with Gasteiger partial charge in [-0.2, -0.15) is 0 Å². The van der Waals surface area contributed by atoms with E-state index in [2.05, 4.69) is 49.1 Å². The van der Waals surface area contributed by atoms with E-state index >= 15 is 0 Å². The number of benzene rings is 1. The van der Waals surface area contributed by atoms with Crippen molar-refractivity contribution >= 4 is 12.4 Å². The van der Waals surface area contributed by atoms with E-state index in [1.165, 1.54) is 36.8 Å². The Morgan fingerprint density at radius 3 is 2.37 bits per heavy atom. The molecule has 0 radical (unpaired) electrons. The summed E-state index contributed by atoms with van der Waals surface area (Å²) in [6.45, 7) is 2.91. The third-order valence-corrected chi connectivity index (χ3v) is 4.25. The van der Waals surface area contributed by atoms with Crippen LogP contribution in [0, 0.1) is 12.3 Å². The molecule has 1 aromatic rings. The van der Waals surface area contributed by atoms with Crippen LogP contribution in [-0.4, -0.2) is 18.5 Å². The van der Waals surface area contributed by atoms with Gasteiger partial charge in [-0.05, 0) is 43.9 Å². The minimum Gasteiger partial charge on any atom is -0.289 e. The Labute approximate surface area is 123 Å². The predicted molar refractivity (Wildman–Crippen MR) is 84.8 cm³/mol. The molecule has 1 atom stereocenters. The first-order chi connectivity index (χ1) is 8.72. The Kier molecular flexibility index (Phi) is 6.42. The zero-order valence-electron chi connectivity index (χ0n) is 11.9. The van der Waals surface area contributed by atoms with Crippen molar-refractivity contribution in [3.63, 3.8) is 0 Å². The fourth-order valence-corrected chi connectivity index (χ4v) is 2.84. The van der Waals surface area contributed by atoms with Gasteiger partial charge >= 0.3 is 0 Å². The van der Waals surface area contributed by atoms with Gasteiger partial charge < -0.3 is 0 Å². The van der Waals surface area contributed by atoms with E-state index in [1.54, 1.807) is 0 Å². The first-order valence-electron chi connectivity index (χ1n) is 6.96. The molecule has 104 valence electrons. The third kappa shape index (κ3) is 4.00. The quantitative estimate of drug-likeness (QED) is 0.738. The van der Waals surface area contributed by atoms with E-state index in [0.29, 0.717) is 12.6 Å². The second-order valence-electron chi connectivity index (χ2n) is 5.44. The zero-order valence-corrected chi connectivity index (χ0v) is 12.7. The average Bonchev–Trinajstić information content (AvgIpc) is 2.92. The van der Waals surface area contributed by atoms with Gasteiger partial charge in [-0.25, -0.2) is 0 Å². The number of rotatable bonds is 4. The second-order valence-corrected chi connectivity index (χ2v) is 5.44. The molecule has 19 heavy (non-hydrogen) atoms. The summed E-state index contributed by atoms with van der Waals surface area (Å²) in [4.78, 5) is 2.20. The molecule has 1 aromatic carbocycles. The molecule has 0 aromatic heterocycles. The Morgan fingerprint density at radius 1 is 1.26 bits per heavy atom. The lowest BCUT2D eigenvalue weighted by atomic mass is 9.95. The summed E-state index contributed by atoms with van der Waals surface area (Å²) >= 11 is 0. The van der Waals surface area contributed by atoms with Crippen molar-refractivity contribution in [3.05, 3.63) is 35.4 Å². The molecular formula is C17H24ClN. The van der Waals surface area contributed by atoms with E-state index in [4.69, 9.17) is 6.42 Å². The Hall–Kier alpha value is -0.970. The summed E-state index contributed by atoms with van der Waals surface area (Å²) in [5.41, 5.74) is 2.87. The van der Waals surface area contributed by atoms with E-state index < -0.39 is 0 Å². The molecule has 2 heteroatoms. The van der Waals surface area contributed by atoms with Crippen LogP contribution in [0.5, 0.6) is 0 Å². The molecule has 0 saturated heterocycles. The fraction of sp³-hybridized carbons (Fsp3) is 0.529. The standard InChI is InChI=1S/C17H23N.ClH/c1-4-13-18(3)14(2)15-9-11-17(12-10-15)16-7-5-6-8-16;/h1,9-12,14,16H,5-8,13H2,2-3H3;1H. The maximum atomic E-state index is 5.36. The van der Waals surface area contributed by atoms with Crippen LogP contribution in [-0.2, 0) is 0 Å². The molecule has 0 spiro atoms. The van der Waals surface area contributed by atoms with Crippen LogP contribution in [0.4, 0.5) is 0 Å². The van der Waals surface area contributed by atoms with Crippen molar-refractivity contribution < 1.29 is 0 Å². The van der Waals surface area contributed by atoms with Gasteiger partial charge in [0.15, 0.2) is 0 Å². The van der Waals surface area contributed by atoms with E-state index in [9.17, 15) is 0 Å². The van der Waals surface area contributed by atoms with Gasteiger partial charge in [-0.15, -0.1) is 18.8 Å². The van der Waals surface area contributed by atoms with Crippen LogP contribution in [0.2, 0.25) is 0 Å². The molecule has 1 unspecified atom stereocenters. The Bertz CT molecular complexity index is 412. The zero-order chi connectivity index (χ0) is 13.0. The van der Waals surface area contributed by atoms with Gasteiger partial charge in [0, 0.05) is 6.04 Å². The lowest BCUT2D eigenvalue weighted by Gasteiger charge is -2.23. The van der Waals surface area contributed by atoms with Crippen molar-refractivity contribution in [2.45, 2.75) is 44.6 Å². The minimum atomic E-state index is 0. The number of nitrogens with zero attached hydrogens (tertiary/aromatic N) is 1. The molecule has 0 heterocycles. The second kappa shape index (κ2) is 7.58. The molecular weight excluding hydrogens is 254 g/mol. The fourth-order valence-electron chi connectivity index (χ4n) is 2.84. The molecule has 1 saturated carbocycles. The van der Waals surface area contributed by atoms with E-state index in [1.807, 2.05) is 0 Å². The highest BCUT2D eigenvalue weighted by atomic mass is 35.5. The van der Waals surface area contributed by atoms with Crippen LogP contribution in [0.3, 0.4) is 0 Å². The predicted octanol–water partition coefficient (Wildman–Crippen LogP) is 4.39. The first-order valence-corrected chi connectivity index (χ1v) is 6.96. The molecule has 0 bridgehead atoms. The lowest BCUT2D eigenvalue weighted by Crippen LogP contribution is -2.22. The molecule has 0 amide bonds. The molecule has 2 rings (SSSR count). The van der Waals surface area contributed by atoms with Crippen LogP contribution in [0.1, 0.15) is 55.7 Å². The molecule has 1 aliphatic carbocycles. The van der Waals surface area contributed by atoms with Gasteiger partial charge in [0.05, 0.1) is 6.54 Å². The average molecular weight is 278 g/mol. The molecule has 1 aliphatic rings. The maximum Gasteiger partial charge on any atom is 0.0601 e. The third-order valence-electron chi connectivity index (χ3n) is 4.25. The molecule has 1 fully saturated rings. The van der Waals surface area contributed by atoms with Gasteiger partial charge in [0.2, 0.25) is 0 Å². The number of terminal acetylenes is 1. The van der Waals surface area contributed by atoms with Gasteiger partial charge in [0.25, 0.3) is 0 Å². The molecule has 0 aliphatic heterocycles. The normalized spacial score (nSPS) is 16.9. The van der Waals surface area contributed by atoms with Crippen LogP contribution >= 0.6 is 12.4 Å². The summed E-state index contributed by atoms with van der Waals surface area (Å²) in [6, 6.07) is 9.55. The highest BCUT2D eigenvalue weighted by molar-refractivity contribution is 5.85. The summed E-state index contributed by atoms with van der Waals surface area (Å²) in [7, 11) is 2.08. The summed E-state index contributed by atoms with van der Waals surface area (Å²) in [6.07, 6.45) is 10.9. The van der Waals surface area contributed by atoms with E-state index in [-0.39, 0.29) is 12.4 Å². The van der Waals surface area contributed by atoms with Gasteiger partial charge in [-0.3, -0.25) is 4.90 Å². The van der Waals surface area contributed by atoms with Crippen molar-refractivity contribution in [2.75, 3.05) is 13.6 Å². The highest BCUT2D eigenvalue weighted by Crippen LogP contribution is 2.34. The van der Waals surface area contributed by atoms with Crippen molar-refractivity contribution in [2.24, 2.45) is 0 Å².